The van der Waals surface area contributed by atoms with E-state index in [2.05, 4.69) is 10.3 Å². The van der Waals surface area contributed by atoms with Gasteiger partial charge in [-0.05, 0) is 30.7 Å². The zero-order chi connectivity index (χ0) is 14.0. The van der Waals surface area contributed by atoms with Gasteiger partial charge in [-0.3, -0.25) is 9.78 Å². The molecule has 0 atom stereocenters. The molecule has 1 aromatic heterocycles. The fourth-order valence-electron chi connectivity index (χ4n) is 1.50. The van der Waals surface area contributed by atoms with E-state index in [1.54, 1.807) is 0 Å². The highest BCUT2D eigenvalue weighted by Gasteiger charge is 2.13. The van der Waals surface area contributed by atoms with E-state index in [9.17, 15) is 13.6 Å². The Bertz CT molecular complexity index is 644. The lowest BCUT2D eigenvalue weighted by Gasteiger charge is -2.07. The highest BCUT2D eigenvalue weighted by Crippen LogP contribution is 2.19. The Balaban J connectivity index is 2.27. The number of nitrogens with two attached hydrogens (primary N) is 1. The molecule has 0 bridgehead atoms. The van der Waals surface area contributed by atoms with E-state index in [0.29, 0.717) is 5.69 Å². The average molecular weight is 263 g/mol. The SMILES string of the molecule is Cc1cc(F)c(NC(=O)c2cc(N)ccn2)cc1F. The normalized spacial score (nSPS) is 10.3. The number of rotatable bonds is 2. The summed E-state index contributed by atoms with van der Waals surface area (Å²) >= 11 is 0. The van der Waals surface area contributed by atoms with Crippen molar-refractivity contribution < 1.29 is 13.6 Å². The molecule has 0 fully saturated rings. The molecule has 1 heterocycles. The van der Waals surface area contributed by atoms with Crippen molar-refractivity contribution in [1.29, 1.82) is 0 Å². The number of nitrogens with zero attached hydrogens (tertiary/aromatic N) is 1. The number of anilines is 2. The van der Waals surface area contributed by atoms with Gasteiger partial charge in [0.2, 0.25) is 0 Å². The number of carbonyl (C=O) groups is 1. The molecule has 0 saturated carbocycles. The van der Waals surface area contributed by atoms with Gasteiger partial charge in [0.25, 0.3) is 5.91 Å². The summed E-state index contributed by atoms with van der Waals surface area (Å²) in [7, 11) is 0. The second-order valence-electron chi connectivity index (χ2n) is 4.01. The van der Waals surface area contributed by atoms with E-state index in [4.69, 9.17) is 5.73 Å². The number of hydrogen-bond donors (Lipinski definition) is 2. The number of aryl methyl sites for hydroxylation is 1. The second-order valence-corrected chi connectivity index (χ2v) is 4.01. The Morgan fingerprint density at radius 1 is 1.26 bits per heavy atom. The summed E-state index contributed by atoms with van der Waals surface area (Å²) in [6, 6.07) is 4.80. The average Bonchev–Trinajstić information content (AvgIpc) is 2.36. The summed E-state index contributed by atoms with van der Waals surface area (Å²) < 4.78 is 26.9. The highest BCUT2D eigenvalue weighted by atomic mass is 19.1. The van der Waals surface area contributed by atoms with Gasteiger partial charge >= 0.3 is 0 Å². The number of nitrogen functional groups attached to an aromatic ring is 1. The van der Waals surface area contributed by atoms with Crippen LogP contribution >= 0.6 is 0 Å². The molecule has 0 aliphatic rings. The molecule has 0 aliphatic carbocycles. The fourth-order valence-corrected chi connectivity index (χ4v) is 1.50. The first-order valence-corrected chi connectivity index (χ1v) is 5.46. The van der Waals surface area contributed by atoms with Crippen molar-refractivity contribution in [3.05, 3.63) is 53.4 Å². The first-order chi connectivity index (χ1) is 8.97. The highest BCUT2D eigenvalue weighted by molar-refractivity contribution is 6.03. The molecule has 98 valence electrons. The molecule has 1 amide bonds. The summed E-state index contributed by atoms with van der Waals surface area (Å²) in [6.45, 7) is 1.43. The van der Waals surface area contributed by atoms with Crippen LogP contribution in [0.5, 0.6) is 0 Å². The maximum absolute atomic E-state index is 13.6. The summed E-state index contributed by atoms with van der Waals surface area (Å²) in [5.74, 6) is -1.97. The molecule has 2 aromatic rings. The number of carbonyl (C=O) groups excluding carboxylic acids is 1. The summed E-state index contributed by atoms with van der Waals surface area (Å²) in [6.07, 6.45) is 1.36. The predicted molar refractivity (Wildman–Crippen MR) is 67.7 cm³/mol. The van der Waals surface area contributed by atoms with Crippen molar-refractivity contribution in [2.75, 3.05) is 11.1 Å². The molecular weight excluding hydrogens is 252 g/mol. The molecule has 4 nitrogen and oxygen atoms in total. The smallest absolute Gasteiger partial charge is 0.274 e. The molecule has 0 aliphatic heterocycles. The Kier molecular flexibility index (Phi) is 3.41. The summed E-state index contributed by atoms with van der Waals surface area (Å²) in [4.78, 5) is 15.6. The van der Waals surface area contributed by atoms with Crippen molar-refractivity contribution in [3.63, 3.8) is 0 Å². The van der Waals surface area contributed by atoms with Crippen molar-refractivity contribution in [3.8, 4) is 0 Å². The lowest BCUT2D eigenvalue weighted by atomic mass is 10.2. The van der Waals surface area contributed by atoms with Gasteiger partial charge in [0, 0.05) is 18.0 Å². The van der Waals surface area contributed by atoms with Gasteiger partial charge in [0.05, 0.1) is 5.69 Å². The first-order valence-electron chi connectivity index (χ1n) is 5.46. The first kappa shape index (κ1) is 12.9. The Labute approximate surface area is 108 Å². The van der Waals surface area contributed by atoms with Gasteiger partial charge in [0.15, 0.2) is 0 Å². The number of benzene rings is 1. The van der Waals surface area contributed by atoms with E-state index < -0.39 is 17.5 Å². The third-order valence-corrected chi connectivity index (χ3v) is 2.51. The second kappa shape index (κ2) is 5.01. The Morgan fingerprint density at radius 2 is 2.00 bits per heavy atom. The van der Waals surface area contributed by atoms with Gasteiger partial charge in [-0.15, -0.1) is 0 Å². The molecule has 1 aromatic carbocycles. The molecule has 19 heavy (non-hydrogen) atoms. The number of aromatic nitrogens is 1. The van der Waals surface area contributed by atoms with Crippen LogP contribution in [0.1, 0.15) is 16.1 Å². The lowest BCUT2D eigenvalue weighted by molar-refractivity contribution is 0.102. The molecule has 0 saturated heterocycles. The standard InChI is InChI=1S/C13H11F2N3O/c1-7-4-10(15)11(6-9(7)14)18-13(19)12-5-8(16)2-3-17-12/h2-6H,1H3,(H2,16,17)(H,18,19). The molecule has 2 rings (SSSR count). The number of amides is 1. The van der Waals surface area contributed by atoms with E-state index >= 15 is 0 Å². The van der Waals surface area contributed by atoms with E-state index in [1.807, 2.05) is 0 Å². The molecule has 6 heteroatoms. The zero-order valence-corrected chi connectivity index (χ0v) is 10.1. The minimum atomic E-state index is -0.712. The van der Waals surface area contributed by atoms with Crippen molar-refractivity contribution in [2.45, 2.75) is 6.92 Å². The number of nitrogens with one attached hydrogen (secondary N) is 1. The van der Waals surface area contributed by atoms with Gasteiger partial charge in [-0.2, -0.15) is 0 Å². The number of hydrogen-bond acceptors (Lipinski definition) is 3. The summed E-state index contributed by atoms with van der Waals surface area (Å²) in [5.41, 5.74) is 5.82. The third-order valence-electron chi connectivity index (χ3n) is 2.51. The van der Waals surface area contributed by atoms with Crippen LogP contribution in [-0.2, 0) is 0 Å². The van der Waals surface area contributed by atoms with Crippen molar-refractivity contribution in [2.24, 2.45) is 0 Å². The summed E-state index contributed by atoms with van der Waals surface area (Å²) in [5, 5.41) is 2.25. The molecule has 0 radical (unpaired) electrons. The topological polar surface area (TPSA) is 68.0 Å². The third kappa shape index (κ3) is 2.85. The van der Waals surface area contributed by atoms with Gasteiger partial charge < -0.3 is 11.1 Å². The maximum atomic E-state index is 13.6. The van der Waals surface area contributed by atoms with Crippen LogP contribution in [0, 0.1) is 18.6 Å². The van der Waals surface area contributed by atoms with Gasteiger partial charge in [0.1, 0.15) is 17.3 Å². The number of pyridine rings is 1. The van der Waals surface area contributed by atoms with Crippen LogP contribution in [-0.4, -0.2) is 10.9 Å². The van der Waals surface area contributed by atoms with Crippen LogP contribution in [0.4, 0.5) is 20.2 Å². The molecule has 0 spiro atoms. The molecular formula is C13H11F2N3O. The monoisotopic (exact) mass is 263 g/mol. The Morgan fingerprint density at radius 3 is 2.68 bits per heavy atom. The zero-order valence-electron chi connectivity index (χ0n) is 10.1. The van der Waals surface area contributed by atoms with E-state index in [0.717, 1.165) is 12.1 Å². The van der Waals surface area contributed by atoms with Crippen LogP contribution < -0.4 is 11.1 Å². The molecule has 3 N–H and O–H groups in total. The molecule has 0 unspecified atom stereocenters. The van der Waals surface area contributed by atoms with Crippen LogP contribution in [0.2, 0.25) is 0 Å². The minimum Gasteiger partial charge on any atom is -0.399 e. The van der Waals surface area contributed by atoms with Crippen LogP contribution in [0.25, 0.3) is 0 Å². The van der Waals surface area contributed by atoms with E-state index in [1.165, 1.54) is 25.3 Å². The quantitative estimate of drug-likeness (QED) is 0.874. The number of halogens is 2. The lowest BCUT2D eigenvalue weighted by Crippen LogP contribution is -2.15. The van der Waals surface area contributed by atoms with E-state index in [-0.39, 0.29) is 16.9 Å². The van der Waals surface area contributed by atoms with Crippen molar-refractivity contribution >= 4 is 17.3 Å². The van der Waals surface area contributed by atoms with Gasteiger partial charge in [-0.1, -0.05) is 0 Å². The fraction of sp³-hybridized carbons (Fsp3) is 0.0769. The Hall–Kier alpha value is -2.50. The van der Waals surface area contributed by atoms with Crippen LogP contribution in [0.15, 0.2) is 30.5 Å². The van der Waals surface area contributed by atoms with Gasteiger partial charge in [-0.25, -0.2) is 8.78 Å². The largest absolute Gasteiger partial charge is 0.399 e. The van der Waals surface area contributed by atoms with Crippen LogP contribution in [0.3, 0.4) is 0 Å². The van der Waals surface area contributed by atoms with Crippen molar-refractivity contribution in [1.82, 2.24) is 4.98 Å². The minimum absolute atomic E-state index is 0.0281. The maximum Gasteiger partial charge on any atom is 0.274 e. The predicted octanol–water partition coefficient (Wildman–Crippen LogP) is 2.50.